The summed E-state index contributed by atoms with van der Waals surface area (Å²) in [5, 5.41) is 0. The van der Waals surface area contributed by atoms with Crippen molar-refractivity contribution in [3.05, 3.63) is 107 Å². The smallest absolute Gasteiger partial charge is 0.254 e. The van der Waals surface area contributed by atoms with Crippen LogP contribution in [0.3, 0.4) is 0 Å². The Morgan fingerprint density at radius 1 is 0.867 bits per heavy atom. The molecule has 1 saturated heterocycles. The average molecular weight is 399 g/mol. The Morgan fingerprint density at radius 2 is 1.50 bits per heavy atom. The quantitative estimate of drug-likeness (QED) is 0.692. The van der Waals surface area contributed by atoms with Gasteiger partial charge in [0.15, 0.2) is 0 Å². The predicted octanol–water partition coefficient (Wildman–Crippen LogP) is 4.40. The molecule has 3 aromatic carbocycles. The van der Waals surface area contributed by atoms with Gasteiger partial charge in [0.1, 0.15) is 0 Å². The average Bonchev–Trinajstić information content (AvgIpc) is 2.80. The standard InChI is InChI=1S/C26H26N2O2/c27-25(29)23-12-11-22(17-19-7-3-1-4-8-19)24(18-23)26(30)28-15-13-21(14-16-28)20-9-5-2-6-10-20/h1-12,18,21H,13-17H2,(H2,27,29). The zero-order chi connectivity index (χ0) is 20.9. The van der Waals surface area contributed by atoms with Gasteiger partial charge in [0.05, 0.1) is 0 Å². The van der Waals surface area contributed by atoms with Gasteiger partial charge in [-0.15, -0.1) is 0 Å². The van der Waals surface area contributed by atoms with Crippen molar-refractivity contribution in [1.82, 2.24) is 4.90 Å². The van der Waals surface area contributed by atoms with E-state index in [4.69, 9.17) is 5.73 Å². The molecule has 152 valence electrons. The third-order valence-corrected chi connectivity index (χ3v) is 5.92. The first-order valence-corrected chi connectivity index (χ1v) is 10.4. The Balaban J connectivity index is 1.55. The molecule has 2 N–H and O–H groups in total. The van der Waals surface area contributed by atoms with Crippen molar-refractivity contribution in [3.63, 3.8) is 0 Å². The maximum Gasteiger partial charge on any atom is 0.254 e. The van der Waals surface area contributed by atoms with E-state index in [2.05, 4.69) is 24.3 Å². The number of hydrogen-bond donors (Lipinski definition) is 1. The lowest BCUT2D eigenvalue weighted by molar-refractivity contribution is 0.0712. The maximum absolute atomic E-state index is 13.4. The zero-order valence-electron chi connectivity index (χ0n) is 17.0. The second kappa shape index (κ2) is 8.95. The minimum atomic E-state index is -0.516. The fourth-order valence-corrected chi connectivity index (χ4v) is 4.21. The van der Waals surface area contributed by atoms with E-state index in [1.54, 1.807) is 12.1 Å². The third-order valence-electron chi connectivity index (χ3n) is 5.92. The van der Waals surface area contributed by atoms with Crippen LogP contribution in [0.2, 0.25) is 0 Å². The molecule has 0 spiro atoms. The Hall–Kier alpha value is -3.40. The lowest BCUT2D eigenvalue weighted by Crippen LogP contribution is -2.38. The summed E-state index contributed by atoms with van der Waals surface area (Å²) in [6, 6.07) is 25.8. The second-order valence-corrected chi connectivity index (χ2v) is 7.88. The highest BCUT2D eigenvalue weighted by atomic mass is 16.2. The first kappa shape index (κ1) is 19.9. The van der Waals surface area contributed by atoms with Crippen LogP contribution in [0.5, 0.6) is 0 Å². The Labute approximate surface area is 177 Å². The summed E-state index contributed by atoms with van der Waals surface area (Å²) < 4.78 is 0. The highest BCUT2D eigenvalue weighted by Crippen LogP contribution is 2.29. The summed E-state index contributed by atoms with van der Waals surface area (Å²) in [6.45, 7) is 1.42. The van der Waals surface area contributed by atoms with E-state index < -0.39 is 5.91 Å². The number of benzene rings is 3. The van der Waals surface area contributed by atoms with Crippen LogP contribution in [0, 0.1) is 0 Å². The van der Waals surface area contributed by atoms with Gasteiger partial charge in [0.2, 0.25) is 5.91 Å². The zero-order valence-corrected chi connectivity index (χ0v) is 17.0. The van der Waals surface area contributed by atoms with Crippen molar-refractivity contribution < 1.29 is 9.59 Å². The van der Waals surface area contributed by atoms with Crippen LogP contribution in [-0.2, 0) is 6.42 Å². The SMILES string of the molecule is NC(=O)c1ccc(Cc2ccccc2)c(C(=O)N2CCC(c3ccccc3)CC2)c1. The number of amides is 2. The van der Waals surface area contributed by atoms with Crippen LogP contribution in [0.1, 0.15) is 56.2 Å². The van der Waals surface area contributed by atoms with E-state index in [-0.39, 0.29) is 5.91 Å². The van der Waals surface area contributed by atoms with Gasteiger partial charge in [0.25, 0.3) is 5.91 Å². The summed E-state index contributed by atoms with van der Waals surface area (Å²) in [4.78, 5) is 27.0. The number of likely N-dealkylation sites (tertiary alicyclic amines) is 1. The van der Waals surface area contributed by atoms with E-state index in [1.807, 2.05) is 47.4 Å². The van der Waals surface area contributed by atoms with Gasteiger partial charge < -0.3 is 10.6 Å². The van der Waals surface area contributed by atoms with Crippen molar-refractivity contribution in [2.45, 2.75) is 25.2 Å². The number of hydrogen-bond acceptors (Lipinski definition) is 2. The number of rotatable bonds is 5. The molecule has 4 heteroatoms. The molecule has 1 fully saturated rings. The van der Waals surface area contributed by atoms with Crippen LogP contribution < -0.4 is 5.73 Å². The Kier molecular flexibility index (Phi) is 5.94. The molecule has 0 aromatic heterocycles. The predicted molar refractivity (Wildman–Crippen MR) is 119 cm³/mol. The monoisotopic (exact) mass is 398 g/mol. The third kappa shape index (κ3) is 4.43. The molecule has 0 saturated carbocycles. The molecule has 3 aromatic rings. The van der Waals surface area contributed by atoms with Crippen molar-refractivity contribution >= 4 is 11.8 Å². The van der Waals surface area contributed by atoms with Crippen LogP contribution in [-0.4, -0.2) is 29.8 Å². The molecule has 0 bridgehead atoms. The van der Waals surface area contributed by atoms with E-state index in [1.165, 1.54) is 5.56 Å². The van der Waals surface area contributed by atoms with Gasteiger partial charge in [-0.25, -0.2) is 0 Å². The van der Waals surface area contributed by atoms with Gasteiger partial charge in [0, 0.05) is 24.2 Å². The van der Waals surface area contributed by atoms with Gasteiger partial charge in [-0.3, -0.25) is 9.59 Å². The highest BCUT2D eigenvalue weighted by Gasteiger charge is 2.26. The Morgan fingerprint density at radius 3 is 2.13 bits per heavy atom. The summed E-state index contributed by atoms with van der Waals surface area (Å²) in [7, 11) is 0. The fourth-order valence-electron chi connectivity index (χ4n) is 4.21. The molecular weight excluding hydrogens is 372 g/mol. The molecule has 4 rings (SSSR count). The number of carbonyl (C=O) groups is 2. The van der Waals surface area contributed by atoms with E-state index >= 15 is 0 Å². The van der Waals surface area contributed by atoms with Crippen molar-refractivity contribution in [2.24, 2.45) is 5.73 Å². The molecule has 1 aliphatic heterocycles. The van der Waals surface area contributed by atoms with Gasteiger partial charge in [-0.1, -0.05) is 66.7 Å². The molecule has 1 heterocycles. The number of piperidine rings is 1. The van der Waals surface area contributed by atoms with Gasteiger partial charge in [-0.05, 0) is 54.0 Å². The molecule has 0 atom stereocenters. The maximum atomic E-state index is 13.4. The minimum absolute atomic E-state index is 0.0180. The summed E-state index contributed by atoms with van der Waals surface area (Å²) in [6.07, 6.45) is 2.53. The van der Waals surface area contributed by atoms with Crippen LogP contribution >= 0.6 is 0 Å². The second-order valence-electron chi connectivity index (χ2n) is 7.88. The molecule has 1 aliphatic rings. The topological polar surface area (TPSA) is 63.4 Å². The lowest BCUT2D eigenvalue weighted by atomic mass is 9.89. The molecular formula is C26H26N2O2. The van der Waals surface area contributed by atoms with Crippen molar-refractivity contribution in [2.75, 3.05) is 13.1 Å². The molecule has 30 heavy (non-hydrogen) atoms. The van der Waals surface area contributed by atoms with Gasteiger partial charge in [-0.2, -0.15) is 0 Å². The molecule has 0 aliphatic carbocycles. The van der Waals surface area contributed by atoms with E-state index in [0.717, 1.165) is 24.0 Å². The first-order valence-electron chi connectivity index (χ1n) is 10.4. The molecule has 4 nitrogen and oxygen atoms in total. The van der Waals surface area contributed by atoms with Gasteiger partial charge >= 0.3 is 0 Å². The fraction of sp³-hybridized carbons (Fsp3) is 0.231. The summed E-state index contributed by atoms with van der Waals surface area (Å²) >= 11 is 0. The first-order chi connectivity index (χ1) is 14.6. The summed E-state index contributed by atoms with van der Waals surface area (Å²) in [5.74, 6) is -0.0513. The van der Waals surface area contributed by atoms with Crippen LogP contribution in [0.4, 0.5) is 0 Å². The largest absolute Gasteiger partial charge is 0.366 e. The molecule has 2 amide bonds. The van der Waals surface area contributed by atoms with Crippen LogP contribution in [0.15, 0.2) is 78.9 Å². The van der Waals surface area contributed by atoms with E-state index in [0.29, 0.717) is 36.6 Å². The highest BCUT2D eigenvalue weighted by molar-refractivity contribution is 6.00. The number of nitrogens with two attached hydrogens (primary N) is 1. The normalized spacial score (nSPS) is 14.5. The van der Waals surface area contributed by atoms with Crippen LogP contribution in [0.25, 0.3) is 0 Å². The number of nitrogens with zero attached hydrogens (tertiary/aromatic N) is 1. The van der Waals surface area contributed by atoms with E-state index in [9.17, 15) is 9.59 Å². The number of carbonyl (C=O) groups excluding carboxylic acids is 2. The molecule has 0 unspecified atom stereocenters. The van der Waals surface area contributed by atoms with Crippen molar-refractivity contribution in [3.8, 4) is 0 Å². The number of primary amides is 1. The summed E-state index contributed by atoms with van der Waals surface area (Å²) in [5.41, 5.74) is 9.81. The molecule has 0 radical (unpaired) electrons. The van der Waals surface area contributed by atoms with Crippen molar-refractivity contribution in [1.29, 1.82) is 0 Å². The Bertz CT molecular complexity index is 1020. The lowest BCUT2D eigenvalue weighted by Gasteiger charge is -2.33. The minimum Gasteiger partial charge on any atom is -0.366 e.